The molecule has 0 radical (unpaired) electrons. The van der Waals surface area contributed by atoms with Gasteiger partial charge in [-0.1, -0.05) is 23.7 Å². The second-order valence-electron chi connectivity index (χ2n) is 4.54. The Morgan fingerprint density at radius 3 is 2.56 bits per heavy atom. The lowest BCUT2D eigenvalue weighted by Crippen LogP contribution is -2.18. The Morgan fingerprint density at radius 2 is 2.00 bits per heavy atom. The molecular formula is C14H18ClN3. The number of hydrogen-bond acceptors (Lipinski definition) is 2. The minimum Gasteiger partial charge on any atom is -0.306 e. The van der Waals surface area contributed by atoms with Crippen molar-refractivity contribution in [2.45, 2.75) is 26.4 Å². The van der Waals surface area contributed by atoms with Crippen molar-refractivity contribution < 1.29 is 0 Å². The Kier molecular flexibility index (Phi) is 4.04. The summed E-state index contributed by atoms with van der Waals surface area (Å²) in [5, 5.41) is 8.53. The fourth-order valence-electron chi connectivity index (χ4n) is 1.92. The molecule has 1 aromatic heterocycles. The van der Waals surface area contributed by atoms with Gasteiger partial charge in [-0.05, 0) is 31.5 Å². The van der Waals surface area contributed by atoms with Crippen LogP contribution in [0, 0.1) is 6.92 Å². The second kappa shape index (κ2) is 5.55. The molecule has 0 spiro atoms. The monoisotopic (exact) mass is 263 g/mol. The van der Waals surface area contributed by atoms with Gasteiger partial charge in [-0.15, -0.1) is 0 Å². The maximum atomic E-state index is 5.86. The minimum absolute atomic E-state index is 0.286. The molecule has 2 rings (SSSR count). The molecule has 0 aliphatic carbocycles. The van der Waals surface area contributed by atoms with Crippen molar-refractivity contribution in [3.05, 3.63) is 52.3 Å². The van der Waals surface area contributed by atoms with E-state index in [-0.39, 0.29) is 6.04 Å². The van der Waals surface area contributed by atoms with Crippen molar-refractivity contribution in [1.82, 2.24) is 15.1 Å². The van der Waals surface area contributed by atoms with E-state index in [9.17, 15) is 0 Å². The van der Waals surface area contributed by atoms with Gasteiger partial charge in [-0.2, -0.15) is 5.10 Å². The number of benzene rings is 1. The summed E-state index contributed by atoms with van der Waals surface area (Å²) in [6, 6.07) is 8.20. The van der Waals surface area contributed by atoms with Crippen LogP contribution in [-0.2, 0) is 13.6 Å². The van der Waals surface area contributed by atoms with Gasteiger partial charge in [-0.25, -0.2) is 0 Å². The van der Waals surface area contributed by atoms with Gasteiger partial charge in [0.2, 0.25) is 0 Å². The zero-order chi connectivity index (χ0) is 13.1. The highest BCUT2D eigenvalue weighted by Gasteiger charge is 2.11. The predicted molar refractivity (Wildman–Crippen MR) is 74.7 cm³/mol. The average Bonchev–Trinajstić information content (AvgIpc) is 2.69. The Labute approximate surface area is 113 Å². The smallest absolute Gasteiger partial charge is 0.0540 e. The van der Waals surface area contributed by atoms with Crippen molar-refractivity contribution in [2.24, 2.45) is 7.05 Å². The van der Waals surface area contributed by atoms with Gasteiger partial charge < -0.3 is 5.32 Å². The lowest BCUT2D eigenvalue weighted by Gasteiger charge is -2.13. The summed E-state index contributed by atoms with van der Waals surface area (Å²) in [5.74, 6) is 0. The van der Waals surface area contributed by atoms with Crippen LogP contribution in [0.1, 0.15) is 29.8 Å². The first-order chi connectivity index (χ1) is 8.58. The normalized spacial score (nSPS) is 12.7. The SMILES string of the molecule is Cc1c(C(C)NCc2ccc(Cl)cc2)cnn1C. The molecule has 0 aliphatic heterocycles. The van der Waals surface area contributed by atoms with E-state index in [2.05, 4.69) is 24.3 Å². The van der Waals surface area contributed by atoms with Gasteiger partial charge in [0.05, 0.1) is 6.20 Å². The van der Waals surface area contributed by atoms with Crippen LogP contribution in [0.15, 0.2) is 30.5 Å². The van der Waals surface area contributed by atoms with Crippen LogP contribution in [-0.4, -0.2) is 9.78 Å². The molecule has 1 atom stereocenters. The highest BCUT2D eigenvalue weighted by molar-refractivity contribution is 6.30. The molecule has 0 saturated carbocycles. The van der Waals surface area contributed by atoms with Gasteiger partial charge in [0.25, 0.3) is 0 Å². The number of rotatable bonds is 4. The summed E-state index contributed by atoms with van der Waals surface area (Å²) in [6.45, 7) is 5.06. The number of nitrogens with zero attached hydrogens (tertiary/aromatic N) is 2. The van der Waals surface area contributed by atoms with Crippen LogP contribution in [0.3, 0.4) is 0 Å². The first kappa shape index (κ1) is 13.1. The molecule has 0 aliphatic rings. The molecule has 4 heteroatoms. The van der Waals surface area contributed by atoms with Gasteiger partial charge in [-0.3, -0.25) is 4.68 Å². The summed E-state index contributed by atoms with van der Waals surface area (Å²) in [6.07, 6.45) is 1.93. The van der Waals surface area contributed by atoms with Crippen LogP contribution in [0.5, 0.6) is 0 Å². The fourth-order valence-corrected chi connectivity index (χ4v) is 2.05. The van der Waals surface area contributed by atoms with Crippen LogP contribution >= 0.6 is 11.6 Å². The zero-order valence-electron chi connectivity index (χ0n) is 10.9. The maximum absolute atomic E-state index is 5.86. The molecule has 3 nitrogen and oxygen atoms in total. The van der Waals surface area contributed by atoms with Crippen molar-refractivity contribution in [1.29, 1.82) is 0 Å². The van der Waals surface area contributed by atoms with E-state index in [1.807, 2.05) is 42.2 Å². The Balaban J connectivity index is 1.98. The number of halogens is 1. The number of nitrogens with one attached hydrogen (secondary N) is 1. The third kappa shape index (κ3) is 2.92. The molecule has 0 fully saturated rings. The van der Waals surface area contributed by atoms with E-state index >= 15 is 0 Å². The van der Waals surface area contributed by atoms with E-state index in [0.717, 1.165) is 11.6 Å². The first-order valence-corrected chi connectivity index (χ1v) is 6.42. The number of hydrogen-bond donors (Lipinski definition) is 1. The standard InChI is InChI=1S/C14H18ClN3/c1-10(14-9-17-18(3)11(14)2)16-8-12-4-6-13(15)7-5-12/h4-7,9-10,16H,8H2,1-3H3. The topological polar surface area (TPSA) is 29.9 Å². The van der Waals surface area contributed by atoms with Gasteiger partial charge in [0, 0.05) is 35.9 Å². The highest BCUT2D eigenvalue weighted by atomic mass is 35.5. The first-order valence-electron chi connectivity index (χ1n) is 6.04. The average molecular weight is 264 g/mol. The largest absolute Gasteiger partial charge is 0.306 e. The van der Waals surface area contributed by atoms with Crippen LogP contribution in [0.4, 0.5) is 0 Å². The third-order valence-corrected chi connectivity index (χ3v) is 3.52. The molecular weight excluding hydrogens is 246 g/mol. The summed E-state index contributed by atoms with van der Waals surface area (Å²) < 4.78 is 1.90. The molecule has 18 heavy (non-hydrogen) atoms. The predicted octanol–water partition coefficient (Wildman–Crippen LogP) is 3.23. The van der Waals surface area contributed by atoms with Crippen LogP contribution < -0.4 is 5.32 Å². The number of aromatic nitrogens is 2. The molecule has 1 unspecified atom stereocenters. The van der Waals surface area contributed by atoms with Crippen molar-refractivity contribution in [3.8, 4) is 0 Å². The lowest BCUT2D eigenvalue weighted by molar-refractivity contribution is 0.570. The zero-order valence-corrected chi connectivity index (χ0v) is 11.7. The molecule has 1 heterocycles. The lowest BCUT2D eigenvalue weighted by atomic mass is 10.1. The van der Waals surface area contributed by atoms with Gasteiger partial charge >= 0.3 is 0 Å². The molecule has 1 aromatic carbocycles. The maximum Gasteiger partial charge on any atom is 0.0540 e. The van der Waals surface area contributed by atoms with Crippen molar-refractivity contribution in [3.63, 3.8) is 0 Å². The van der Waals surface area contributed by atoms with Crippen molar-refractivity contribution in [2.75, 3.05) is 0 Å². The summed E-state index contributed by atoms with van der Waals surface area (Å²) in [4.78, 5) is 0. The minimum atomic E-state index is 0.286. The van der Waals surface area contributed by atoms with Gasteiger partial charge in [0.1, 0.15) is 0 Å². The van der Waals surface area contributed by atoms with E-state index in [1.54, 1.807) is 0 Å². The molecule has 0 amide bonds. The number of aryl methyl sites for hydroxylation is 1. The third-order valence-electron chi connectivity index (χ3n) is 3.27. The molecule has 2 aromatic rings. The van der Waals surface area contributed by atoms with Crippen molar-refractivity contribution >= 4 is 11.6 Å². The summed E-state index contributed by atoms with van der Waals surface area (Å²) >= 11 is 5.86. The summed E-state index contributed by atoms with van der Waals surface area (Å²) in [5.41, 5.74) is 3.67. The van der Waals surface area contributed by atoms with Crippen LogP contribution in [0.2, 0.25) is 5.02 Å². The Bertz CT molecular complexity index is 516. The molecule has 96 valence electrons. The Morgan fingerprint density at radius 1 is 1.33 bits per heavy atom. The van der Waals surface area contributed by atoms with Gasteiger partial charge in [0.15, 0.2) is 0 Å². The van der Waals surface area contributed by atoms with E-state index < -0.39 is 0 Å². The molecule has 1 N–H and O–H groups in total. The molecule has 0 bridgehead atoms. The fraction of sp³-hybridized carbons (Fsp3) is 0.357. The summed E-state index contributed by atoms with van der Waals surface area (Å²) in [7, 11) is 1.96. The van der Waals surface area contributed by atoms with E-state index in [0.29, 0.717) is 0 Å². The van der Waals surface area contributed by atoms with E-state index in [4.69, 9.17) is 11.6 Å². The quantitative estimate of drug-likeness (QED) is 0.918. The van der Waals surface area contributed by atoms with E-state index in [1.165, 1.54) is 16.8 Å². The molecule has 0 saturated heterocycles. The second-order valence-corrected chi connectivity index (χ2v) is 4.97. The Hall–Kier alpha value is -1.32. The van der Waals surface area contributed by atoms with Crippen LogP contribution in [0.25, 0.3) is 0 Å². The highest BCUT2D eigenvalue weighted by Crippen LogP contribution is 2.17.